The molecule has 7 heteroatoms. The van der Waals surface area contributed by atoms with Gasteiger partial charge >= 0.3 is 0 Å². The number of nitrogens with two attached hydrogens (primary N) is 1. The molecule has 180 valence electrons. The molecule has 2 aromatic heterocycles. The molecule has 2 aliphatic rings. The summed E-state index contributed by atoms with van der Waals surface area (Å²) < 4.78 is 0. The standard InChI is InChI=1S/C28H29N5O.ClH/c29-28(13-4-14-28)22-9-7-20(8-10-22)25-24(19-5-2-1-3-6-19)17-21-18-30-27(32-26(21)31-25)33-15-11-23(34)12-16-33;/h1-3,5-10,17-18,23,34H,4,11-16,29H2;1H. The first kappa shape index (κ1) is 23.7. The number of benzene rings is 2. The lowest BCUT2D eigenvalue weighted by Gasteiger charge is -2.38. The molecule has 6 nitrogen and oxygen atoms in total. The van der Waals surface area contributed by atoms with Crippen LogP contribution in [0.25, 0.3) is 33.4 Å². The van der Waals surface area contributed by atoms with Crippen molar-refractivity contribution in [2.24, 2.45) is 5.73 Å². The van der Waals surface area contributed by atoms with Crippen LogP contribution in [0.2, 0.25) is 0 Å². The zero-order valence-electron chi connectivity index (χ0n) is 19.6. The third kappa shape index (κ3) is 4.49. The van der Waals surface area contributed by atoms with Gasteiger partial charge in [-0.25, -0.2) is 9.97 Å². The molecule has 1 saturated carbocycles. The number of nitrogens with zero attached hydrogens (tertiary/aromatic N) is 4. The Morgan fingerprint density at radius 2 is 1.63 bits per heavy atom. The van der Waals surface area contributed by atoms with E-state index in [1.165, 1.54) is 12.0 Å². The number of hydrogen-bond donors (Lipinski definition) is 2. The zero-order chi connectivity index (χ0) is 23.1. The van der Waals surface area contributed by atoms with Crippen LogP contribution in [0.3, 0.4) is 0 Å². The van der Waals surface area contributed by atoms with Gasteiger partial charge in [0, 0.05) is 41.3 Å². The number of fused-ring (bicyclic) bond motifs is 1. The lowest BCUT2D eigenvalue weighted by atomic mass is 9.72. The fourth-order valence-electron chi connectivity index (χ4n) is 5.04. The number of halogens is 1. The first-order valence-electron chi connectivity index (χ1n) is 12.2. The third-order valence-corrected chi connectivity index (χ3v) is 7.37. The van der Waals surface area contributed by atoms with E-state index < -0.39 is 0 Å². The number of pyridine rings is 1. The van der Waals surface area contributed by atoms with Crippen molar-refractivity contribution >= 4 is 29.4 Å². The van der Waals surface area contributed by atoms with Crippen molar-refractivity contribution in [2.75, 3.05) is 18.0 Å². The molecule has 1 aliphatic heterocycles. The Labute approximate surface area is 211 Å². The van der Waals surface area contributed by atoms with Crippen LogP contribution in [-0.2, 0) is 5.54 Å². The molecule has 0 unspecified atom stereocenters. The number of anilines is 1. The Bertz CT molecular complexity index is 1320. The van der Waals surface area contributed by atoms with E-state index in [2.05, 4.69) is 52.3 Å². The molecule has 35 heavy (non-hydrogen) atoms. The van der Waals surface area contributed by atoms with Crippen molar-refractivity contribution in [2.45, 2.75) is 43.7 Å². The van der Waals surface area contributed by atoms with Gasteiger partial charge in [-0.15, -0.1) is 12.4 Å². The lowest BCUT2D eigenvalue weighted by molar-refractivity contribution is 0.145. The minimum atomic E-state index is -0.231. The Hall–Kier alpha value is -3.06. The maximum Gasteiger partial charge on any atom is 0.227 e. The number of rotatable bonds is 4. The largest absolute Gasteiger partial charge is 0.393 e. The number of hydrogen-bond acceptors (Lipinski definition) is 6. The Morgan fingerprint density at radius 3 is 2.29 bits per heavy atom. The predicted molar refractivity (Wildman–Crippen MR) is 143 cm³/mol. The predicted octanol–water partition coefficient (Wildman–Crippen LogP) is 5.08. The number of aliphatic hydroxyl groups excluding tert-OH is 1. The second-order valence-electron chi connectivity index (χ2n) is 9.64. The van der Waals surface area contributed by atoms with Crippen LogP contribution in [0.1, 0.15) is 37.7 Å². The average molecular weight is 488 g/mol. The molecule has 0 atom stereocenters. The van der Waals surface area contributed by atoms with Crippen molar-refractivity contribution in [3.63, 3.8) is 0 Å². The van der Waals surface area contributed by atoms with Gasteiger partial charge in [0.25, 0.3) is 0 Å². The molecule has 0 amide bonds. The van der Waals surface area contributed by atoms with Gasteiger partial charge < -0.3 is 15.7 Å². The van der Waals surface area contributed by atoms with Crippen LogP contribution in [0, 0.1) is 0 Å². The zero-order valence-corrected chi connectivity index (χ0v) is 20.4. The van der Waals surface area contributed by atoms with Crippen molar-refractivity contribution in [1.82, 2.24) is 15.0 Å². The fraction of sp³-hybridized carbons (Fsp3) is 0.321. The number of aliphatic hydroxyl groups is 1. The van der Waals surface area contributed by atoms with E-state index in [-0.39, 0.29) is 24.0 Å². The van der Waals surface area contributed by atoms with Gasteiger partial charge in [0.1, 0.15) is 0 Å². The van der Waals surface area contributed by atoms with Crippen LogP contribution >= 0.6 is 12.4 Å². The molecule has 3 N–H and O–H groups in total. The van der Waals surface area contributed by atoms with E-state index >= 15 is 0 Å². The highest BCUT2D eigenvalue weighted by atomic mass is 35.5. The first-order chi connectivity index (χ1) is 16.6. The van der Waals surface area contributed by atoms with Crippen molar-refractivity contribution in [3.05, 3.63) is 72.4 Å². The van der Waals surface area contributed by atoms with Gasteiger partial charge in [-0.1, -0.05) is 54.6 Å². The van der Waals surface area contributed by atoms with E-state index in [1.807, 2.05) is 24.4 Å². The van der Waals surface area contributed by atoms with Crippen LogP contribution in [0.15, 0.2) is 66.9 Å². The van der Waals surface area contributed by atoms with Crippen LogP contribution < -0.4 is 10.6 Å². The maximum atomic E-state index is 9.85. The average Bonchev–Trinajstić information content (AvgIpc) is 2.87. The Morgan fingerprint density at radius 1 is 0.914 bits per heavy atom. The van der Waals surface area contributed by atoms with Gasteiger partial charge in [-0.05, 0) is 49.3 Å². The minimum absolute atomic E-state index is 0. The smallest absolute Gasteiger partial charge is 0.227 e. The molecule has 0 spiro atoms. The Kier molecular flexibility index (Phi) is 6.45. The number of piperidine rings is 1. The lowest BCUT2D eigenvalue weighted by Crippen LogP contribution is -2.43. The highest BCUT2D eigenvalue weighted by Gasteiger charge is 2.34. The highest BCUT2D eigenvalue weighted by molar-refractivity contribution is 5.90. The van der Waals surface area contributed by atoms with Crippen LogP contribution in [0.4, 0.5) is 5.95 Å². The molecule has 2 aromatic carbocycles. The maximum absolute atomic E-state index is 9.85. The molecule has 2 fully saturated rings. The molecular formula is C28H30ClN5O. The molecule has 0 bridgehead atoms. The van der Waals surface area contributed by atoms with Crippen molar-refractivity contribution < 1.29 is 5.11 Å². The second kappa shape index (κ2) is 9.53. The van der Waals surface area contributed by atoms with E-state index in [1.54, 1.807) is 0 Å². The van der Waals surface area contributed by atoms with Crippen molar-refractivity contribution in [3.8, 4) is 22.4 Å². The summed E-state index contributed by atoms with van der Waals surface area (Å²) in [5.41, 5.74) is 12.4. The van der Waals surface area contributed by atoms with E-state index in [0.717, 1.165) is 66.5 Å². The molecule has 1 saturated heterocycles. The molecule has 0 radical (unpaired) electrons. The third-order valence-electron chi connectivity index (χ3n) is 7.37. The normalized spacial score (nSPS) is 17.6. The van der Waals surface area contributed by atoms with E-state index in [9.17, 15) is 5.11 Å². The van der Waals surface area contributed by atoms with Gasteiger partial charge in [0.2, 0.25) is 5.95 Å². The molecule has 1 aliphatic carbocycles. The summed E-state index contributed by atoms with van der Waals surface area (Å²) >= 11 is 0. The summed E-state index contributed by atoms with van der Waals surface area (Å²) in [4.78, 5) is 16.6. The van der Waals surface area contributed by atoms with Gasteiger partial charge in [0.15, 0.2) is 5.65 Å². The molecule has 3 heterocycles. The van der Waals surface area contributed by atoms with E-state index in [0.29, 0.717) is 11.6 Å². The Balaban J connectivity index is 0.00000253. The van der Waals surface area contributed by atoms with Gasteiger partial charge in [-0.2, -0.15) is 4.98 Å². The summed E-state index contributed by atoms with van der Waals surface area (Å²) in [6.45, 7) is 1.51. The number of aromatic nitrogens is 3. The molecule has 6 rings (SSSR count). The summed E-state index contributed by atoms with van der Waals surface area (Å²) in [6.07, 6.45) is 6.39. The molecule has 4 aromatic rings. The summed E-state index contributed by atoms with van der Waals surface area (Å²) in [7, 11) is 0. The highest BCUT2D eigenvalue weighted by Crippen LogP contribution is 2.40. The van der Waals surface area contributed by atoms with Crippen LogP contribution in [0.5, 0.6) is 0 Å². The summed E-state index contributed by atoms with van der Waals surface area (Å²) in [6, 6.07) is 21.1. The van der Waals surface area contributed by atoms with Gasteiger partial charge in [0.05, 0.1) is 11.8 Å². The van der Waals surface area contributed by atoms with Gasteiger partial charge in [-0.3, -0.25) is 0 Å². The summed E-state index contributed by atoms with van der Waals surface area (Å²) in [5, 5.41) is 10.8. The minimum Gasteiger partial charge on any atom is -0.393 e. The monoisotopic (exact) mass is 487 g/mol. The van der Waals surface area contributed by atoms with Crippen LogP contribution in [-0.4, -0.2) is 39.3 Å². The molecular weight excluding hydrogens is 458 g/mol. The topological polar surface area (TPSA) is 88.2 Å². The SMILES string of the molecule is Cl.NC1(c2ccc(-c3nc4nc(N5CCC(O)CC5)ncc4cc3-c3ccccc3)cc2)CCC1. The van der Waals surface area contributed by atoms with E-state index in [4.69, 9.17) is 15.7 Å². The van der Waals surface area contributed by atoms with Crippen molar-refractivity contribution in [1.29, 1.82) is 0 Å². The summed E-state index contributed by atoms with van der Waals surface area (Å²) in [5.74, 6) is 0.677. The second-order valence-corrected chi connectivity index (χ2v) is 9.64. The fourth-order valence-corrected chi connectivity index (χ4v) is 5.04. The quantitative estimate of drug-likeness (QED) is 0.417. The first-order valence-corrected chi connectivity index (χ1v) is 12.2.